The summed E-state index contributed by atoms with van der Waals surface area (Å²) in [5.41, 5.74) is 0.294. The molecule has 7 nitrogen and oxygen atoms in total. The summed E-state index contributed by atoms with van der Waals surface area (Å²) in [6.45, 7) is 4.90. The summed E-state index contributed by atoms with van der Waals surface area (Å²) in [6, 6.07) is 8.77. The first-order valence-corrected chi connectivity index (χ1v) is 12.9. The fourth-order valence-corrected chi connectivity index (χ4v) is 4.91. The van der Waals surface area contributed by atoms with Crippen molar-refractivity contribution in [2.45, 2.75) is 65.1 Å². The number of nitrogens with zero attached hydrogens (tertiary/aromatic N) is 1. The Balaban J connectivity index is 1.68. The smallest absolute Gasteiger partial charge is 0.309 e. The van der Waals surface area contributed by atoms with E-state index in [0.29, 0.717) is 33.0 Å². The Morgan fingerprint density at radius 2 is 1.81 bits per heavy atom. The lowest BCUT2D eigenvalue weighted by molar-refractivity contribution is -0.158. The average molecular weight is 534 g/mol. The van der Waals surface area contributed by atoms with Gasteiger partial charge in [-0.1, -0.05) is 43.6 Å². The number of rotatable bonds is 11. The molecule has 2 aromatic rings. The second-order valence-corrected chi connectivity index (χ2v) is 9.97. The Kier molecular flexibility index (Phi) is 10.1. The number of pyridine rings is 1. The SMILES string of the molecule is COc1ccnc(C(=S)C[C@@H](C)C(=O)O[C@@H](C)[C@H](Oc2ccc(Cl)cc2)C2CCCC2)c1OC(C)=O. The van der Waals surface area contributed by atoms with Gasteiger partial charge >= 0.3 is 11.9 Å². The number of carbonyl (C=O) groups is 2. The fourth-order valence-electron chi connectivity index (χ4n) is 4.39. The van der Waals surface area contributed by atoms with Crippen molar-refractivity contribution in [1.82, 2.24) is 4.98 Å². The minimum atomic E-state index is -0.544. The maximum absolute atomic E-state index is 13.0. The Morgan fingerprint density at radius 1 is 1.14 bits per heavy atom. The number of carbonyl (C=O) groups excluding carboxylic acids is 2. The van der Waals surface area contributed by atoms with Crippen LogP contribution in [-0.2, 0) is 14.3 Å². The molecule has 0 spiro atoms. The molecule has 0 amide bonds. The van der Waals surface area contributed by atoms with Crippen LogP contribution in [0.1, 0.15) is 58.6 Å². The van der Waals surface area contributed by atoms with Gasteiger partial charge in [-0.2, -0.15) is 0 Å². The number of hydrogen-bond donors (Lipinski definition) is 0. The maximum atomic E-state index is 13.0. The highest BCUT2D eigenvalue weighted by Gasteiger charge is 2.34. The van der Waals surface area contributed by atoms with Crippen molar-refractivity contribution < 1.29 is 28.5 Å². The number of benzene rings is 1. The van der Waals surface area contributed by atoms with Gasteiger partial charge in [0, 0.05) is 29.1 Å². The quantitative estimate of drug-likeness (QED) is 0.198. The van der Waals surface area contributed by atoms with Crippen molar-refractivity contribution in [1.29, 1.82) is 0 Å². The van der Waals surface area contributed by atoms with E-state index in [1.54, 1.807) is 25.1 Å². The van der Waals surface area contributed by atoms with E-state index in [9.17, 15) is 9.59 Å². The van der Waals surface area contributed by atoms with Crippen LogP contribution in [0.4, 0.5) is 0 Å². The number of ether oxygens (including phenoxy) is 4. The number of halogens is 1. The van der Waals surface area contributed by atoms with E-state index < -0.39 is 18.0 Å². The highest BCUT2D eigenvalue weighted by Crippen LogP contribution is 2.34. The van der Waals surface area contributed by atoms with Crippen molar-refractivity contribution >= 4 is 40.6 Å². The molecule has 1 aromatic heterocycles. The molecule has 1 fully saturated rings. The van der Waals surface area contributed by atoms with Gasteiger partial charge in [-0.25, -0.2) is 0 Å². The van der Waals surface area contributed by atoms with E-state index in [-0.39, 0.29) is 24.2 Å². The van der Waals surface area contributed by atoms with Crippen molar-refractivity contribution in [2.24, 2.45) is 11.8 Å². The first-order valence-electron chi connectivity index (χ1n) is 12.1. The Bertz CT molecular complexity index is 1070. The van der Waals surface area contributed by atoms with E-state index in [1.807, 2.05) is 19.1 Å². The summed E-state index contributed by atoms with van der Waals surface area (Å²) in [5, 5.41) is 0.631. The minimum absolute atomic E-state index is 0.143. The number of hydrogen-bond acceptors (Lipinski definition) is 8. The normalized spacial score (nSPS) is 16.0. The predicted molar refractivity (Wildman–Crippen MR) is 141 cm³/mol. The molecule has 1 aliphatic rings. The van der Waals surface area contributed by atoms with E-state index in [1.165, 1.54) is 20.2 Å². The Hall–Kier alpha value is -2.71. The van der Waals surface area contributed by atoms with Crippen LogP contribution in [-0.4, -0.2) is 41.1 Å². The van der Waals surface area contributed by atoms with E-state index in [2.05, 4.69) is 4.98 Å². The molecule has 194 valence electrons. The molecule has 0 N–H and O–H groups in total. The van der Waals surface area contributed by atoms with Crippen molar-refractivity contribution in [2.75, 3.05) is 7.11 Å². The maximum Gasteiger partial charge on any atom is 0.309 e. The second-order valence-electron chi connectivity index (χ2n) is 9.04. The van der Waals surface area contributed by atoms with Gasteiger partial charge in [-0.3, -0.25) is 14.6 Å². The molecule has 36 heavy (non-hydrogen) atoms. The first kappa shape index (κ1) is 27.9. The number of methoxy groups -OCH3 is 1. The molecule has 1 heterocycles. The molecule has 0 bridgehead atoms. The van der Waals surface area contributed by atoms with E-state index >= 15 is 0 Å². The topological polar surface area (TPSA) is 84.0 Å². The summed E-state index contributed by atoms with van der Waals surface area (Å²) in [4.78, 5) is 29.3. The largest absolute Gasteiger partial charge is 0.493 e. The zero-order chi connectivity index (χ0) is 26.2. The molecule has 9 heteroatoms. The molecule has 3 atom stereocenters. The third kappa shape index (κ3) is 7.40. The van der Waals surface area contributed by atoms with Crippen LogP contribution in [0.2, 0.25) is 5.02 Å². The third-order valence-electron chi connectivity index (χ3n) is 6.21. The molecule has 0 unspecified atom stereocenters. The fraction of sp³-hybridized carbons (Fsp3) is 0.481. The van der Waals surface area contributed by atoms with Crippen molar-refractivity contribution in [3.05, 3.63) is 47.2 Å². The lowest BCUT2D eigenvalue weighted by atomic mass is 9.96. The van der Waals surface area contributed by atoms with Gasteiger partial charge in [0.2, 0.25) is 0 Å². The van der Waals surface area contributed by atoms with Gasteiger partial charge in [0.05, 0.1) is 13.0 Å². The van der Waals surface area contributed by atoms with Gasteiger partial charge < -0.3 is 18.9 Å². The molecule has 1 aromatic carbocycles. The van der Waals surface area contributed by atoms with Gasteiger partial charge in [0.25, 0.3) is 0 Å². The van der Waals surface area contributed by atoms with E-state index in [0.717, 1.165) is 25.7 Å². The monoisotopic (exact) mass is 533 g/mol. The summed E-state index contributed by atoms with van der Waals surface area (Å²) >= 11 is 11.6. The third-order valence-corrected chi connectivity index (χ3v) is 6.82. The summed E-state index contributed by atoms with van der Waals surface area (Å²) in [6.07, 6.45) is 5.30. The Morgan fingerprint density at radius 3 is 2.42 bits per heavy atom. The standard InChI is InChI=1S/C27H32ClNO6S/c1-16(15-23(36)24-26(34-18(3)30)22(32-4)13-14-29-24)27(31)33-17(2)25(19-7-5-6-8-19)35-21-11-9-20(28)10-12-21/h9-14,16-17,19,25H,5-8,15H2,1-4H3/t16-,17+,25+/m1/s1. The second kappa shape index (κ2) is 13.0. The summed E-state index contributed by atoms with van der Waals surface area (Å²) in [5.74, 6) is 0.0135. The van der Waals surface area contributed by atoms with E-state index in [4.69, 9.17) is 42.8 Å². The van der Waals surface area contributed by atoms with Gasteiger partial charge in [-0.05, 0) is 56.4 Å². The lowest BCUT2D eigenvalue weighted by Crippen LogP contribution is -2.40. The molecular weight excluding hydrogens is 502 g/mol. The van der Waals surface area contributed by atoms with Crippen LogP contribution < -0.4 is 14.2 Å². The van der Waals surface area contributed by atoms with Crippen LogP contribution >= 0.6 is 23.8 Å². The highest BCUT2D eigenvalue weighted by atomic mass is 35.5. The Labute approximate surface area is 222 Å². The van der Waals surface area contributed by atoms with Crippen LogP contribution in [0.5, 0.6) is 17.2 Å². The summed E-state index contributed by atoms with van der Waals surface area (Å²) < 4.78 is 22.7. The number of thiocarbonyl (C=S) groups is 1. The molecular formula is C27H32ClNO6S. The van der Waals surface area contributed by atoms with Crippen molar-refractivity contribution in [3.63, 3.8) is 0 Å². The zero-order valence-electron chi connectivity index (χ0n) is 21.0. The minimum Gasteiger partial charge on any atom is -0.493 e. The molecule has 0 aliphatic heterocycles. The number of esters is 2. The zero-order valence-corrected chi connectivity index (χ0v) is 22.6. The average Bonchev–Trinajstić information content (AvgIpc) is 3.37. The highest BCUT2D eigenvalue weighted by molar-refractivity contribution is 7.80. The van der Waals surface area contributed by atoms with Crippen LogP contribution in [0.3, 0.4) is 0 Å². The molecule has 0 radical (unpaired) electrons. The van der Waals surface area contributed by atoms with Gasteiger partial charge in [0.1, 0.15) is 23.7 Å². The number of aromatic nitrogens is 1. The van der Waals surface area contributed by atoms with Gasteiger partial charge in [0.15, 0.2) is 11.5 Å². The predicted octanol–water partition coefficient (Wildman–Crippen LogP) is 5.98. The van der Waals surface area contributed by atoms with Crippen LogP contribution in [0.15, 0.2) is 36.5 Å². The summed E-state index contributed by atoms with van der Waals surface area (Å²) in [7, 11) is 1.46. The molecule has 1 aliphatic carbocycles. The van der Waals surface area contributed by atoms with Crippen LogP contribution in [0, 0.1) is 11.8 Å². The van der Waals surface area contributed by atoms with Gasteiger partial charge in [-0.15, -0.1) is 0 Å². The first-order chi connectivity index (χ1) is 17.2. The van der Waals surface area contributed by atoms with Crippen molar-refractivity contribution in [3.8, 4) is 17.2 Å². The lowest BCUT2D eigenvalue weighted by Gasteiger charge is -2.30. The molecule has 1 saturated carbocycles. The molecule has 0 saturated heterocycles. The van der Waals surface area contributed by atoms with Crippen LogP contribution in [0.25, 0.3) is 0 Å². The molecule has 3 rings (SSSR count).